The summed E-state index contributed by atoms with van der Waals surface area (Å²) < 4.78 is 1.43. The zero-order valence-electron chi connectivity index (χ0n) is 14.0. The topological polar surface area (TPSA) is 72.7 Å². The Labute approximate surface area is 154 Å². The van der Waals surface area contributed by atoms with E-state index in [0.717, 1.165) is 28.5 Å². The third-order valence-electron chi connectivity index (χ3n) is 4.05. The highest BCUT2D eigenvalue weighted by atomic mass is 32.1. The molecule has 0 bridgehead atoms. The van der Waals surface area contributed by atoms with Crippen LogP contribution in [0.25, 0.3) is 10.8 Å². The number of fused-ring (bicyclic) bond motifs is 1. The van der Waals surface area contributed by atoms with Crippen molar-refractivity contribution in [3.63, 3.8) is 0 Å². The van der Waals surface area contributed by atoms with Crippen LogP contribution in [-0.4, -0.2) is 26.5 Å². The Morgan fingerprint density at radius 3 is 2.69 bits per heavy atom. The van der Waals surface area contributed by atoms with Gasteiger partial charge in [-0.25, -0.2) is 4.68 Å². The van der Waals surface area contributed by atoms with Crippen molar-refractivity contribution in [3.05, 3.63) is 81.7 Å². The van der Waals surface area contributed by atoms with Crippen LogP contribution < -0.4 is 10.9 Å². The second-order valence-corrected chi connectivity index (χ2v) is 6.92. The van der Waals surface area contributed by atoms with Crippen molar-refractivity contribution in [2.75, 3.05) is 11.9 Å². The van der Waals surface area contributed by atoms with Crippen molar-refractivity contribution < 1.29 is 0 Å². The Kier molecular flexibility index (Phi) is 4.70. The van der Waals surface area contributed by atoms with E-state index in [4.69, 9.17) is 0 Å². The Hall–Kier alpha value is -3.06. The quantitative estimate of drug-likeness (QED) is 0.570. The fourth-order valence-electron chi connectivity index (χ4n) is 2.72. The lowest BCUT2D eigenvalue weighted by Gasteiger charge is -2.03. The molecule has 26 heavy (non-hydrogen) atoms. The van der Waals surface area contributed by atoms with Gasteiger partial charge < -0.3 is 5.32 Å². The molecule has 0 unspecified atom stereocenters. The molecule has 0 atom stereocenters. The average molecular weight is 363 g/mol. The van der Waals surface area contributed by atoms with E-state index in [1.165, 1.54) is 21.6 Å². The summed E-state index contributed by atoms with van der Waals surface area (Å²) >= 11 is 1.44. The molecule has 0 saturated carbocycles. The Morgan fingerprint density at radius 2 is 1.81 bits per heavy atom. The molecule has 2 aromatic heterocycles. The predicted octanol–water partition coefficient (Wildman–Crippen LogP) is 2.95. The molecule has 0 saturated heterocycles. The number of anilines is 1. The van der Waals surface area contributed by atoms with Crippen molar-refractivity contribution in [3.8, 4) is 0 Å². The summed E-state index contributed by atoms with van der Waals surface area (Å²) in [5, 5.41) is 18.8. The largest absolute Gasteiger partial charge is 0.360 e. The number of nitrogens with zero attached hydrogens (tertiary/aromatic N) is 4. The van der Waals surface area contributed by atoms with Gasteiger partial charge in [-0.1, -0.05) is 59.9 Å². The number of nitrogens with one attached hydrogen (secondary N) is 1. The second kappa shape index (κ2) is 7.45. The van der Waals surface area contributed by atoms with E-state index in [-0.39, 0.29) is 5.56 Å². The van der Waals surface area contributed by atoms with Gasteiger partial charge in [0.1, 0.15) is 5.01 Å². The molecule has 0 fully saturated rings. The molecule has 130 valence electrons. The van der Waals surface area contributed by atoms with Crippen molar-refractivity contribution in [1.29, 1.82) is 0 Å². The van der Waals surface area contributed by atoms with Crippen LogP contribution >= 0.6 is 11.3 Å². The smallest absolute Gasteiger partial charge is 0.275 e. The normalized spacial score (nSPS) is 10.9. The third kappa shape index (κ3) is 3.62. The van der Waals surface area contributed by atoms with E-state index in [9.17, 15) is 4.79 Å². The summed E-state index contributed by atoms with van der Waals surface area (Å²) in [6, 6.07) is 17.7. The maximum absolute atomic E-state index is 12.5. The first-order valence-electron chi connectivity index (χ1n) is 8.34. The highest BCUT2D eigenvalue weighted by Gasteiger charge is 2.08. The molecule has 0 aliphatic rings. The fraction of sp³-hybridized carbons (Fsp3) is 0.158. The number of hydrogen-bond donors (Lipinski definition) is 1. The van der Waals surface area contributed by atoms with Crippen LogP contribution in [0.2, 0.25) is 0 Å². The maximum Gasteiger partial charge on any atom is 0.275 e. The van der Waals surface area contributed by atoms with E-state index in [1.807, 2.05) is 42.5 Å². The fourth-order valence-corrected chi connectivity index (χ4v) is 3.46. The van der Waals surface area contributed by atoms with Gasteiger partial charge in [-0.15, -0.1) is 10.2 Å². The zero-order valence-corrected chi connectivity index (χ0v) is 14.8. The van der Waals surface area contributed by atoms with Gasteiger partial charge in [0.2, 0.25) is 5.13 Å². The molecule has 7 heteroatoms. The van der Waals surface area contributed by atoms with Gasteiger partial charge in [0.05, 0.1) is 18.1 Å². The van der Waals surface area contributed by atoms with Gasteiger partial charge in [-0.3, -0.25) is 4.79 Å². The number of hydrogen-bond acceptors (Lipinski definition) is 6. The lowest BCUT2D eigenvalue weighted by atomic mass is 10.2. The van der Waals surface area contributed by atoms with E-state index >= 15 is 0 Å². The van der Waals surface area contributed by atoms with Gasteiger partial charge in [0.25, 0.3) is 5.56 Å². The third-order valence-corrected chi connectivity index (χ3v) is 4.91. The summed E-state index contributed by atoms with van der Waals surface area (Å²) in [5.74, 6) is 0. The molecule has 2 heterocycles. The molecular formula is C19H17N5OS. The van der Waals surface area contributed by atoms with E-state index in [1.54, 1.807) is 6.20 Å². The van der Waals surface area contributed by atoms with Crippen LogP contribution in [0.5, 0.6) is 0 Å². The summed E-state index contributed by atoms with van der Waals surface area (Å²) in [6.45, 7) is 1.11. The highest BCUT2D eigenvalue weighted by Crippen LogP contribution is 2.16. The summed E-state index contributed by atoms with van der Waals surface area (Å²) in [7, 11) is 0. The molecule has 2 aromatic carbocycles. The monoisotopic (exact) mass is 363 g/mol. The minimum Gasteiger partial charge on any atom is -0.360 e. The minimum atomic E-state index is -0.114. The molecule has 0 radical (unpaired) electrons. The first-order valence-corrected chi connectivity index (χ1v) is 9.16. The Bertz CT molecular complexity index is 1070. The van der Waals surface area contributed by atoms with Crippen LogP contribution in [0.15, 0.2) is 65.6 Å². The summed E-state index contributed by atoms with van der Waals surface area (Å²) in [5.41, 5.74) is 1.16. The highest BCUT2D eigenvalue weighted by molar-refractivity contribution is 7.15. The van der Waals surface area contributed by atoms with E-state index < -0.39 is 0 Å². The number of aromatic nitrogens is 4. The maximum atomic E-state index is 12.5. The number of rotatable bonds is 6. The SMILES string of the molecule is O=c1c2ccccc2cnn1Cc1nnc(NCCc2ccccc2)s1. The van der Waals surface area contributed by atoms with Crippen molar-refractivity contribution in [2.24, 2.45) is 0 Å². The zero-order chi connectivity index (χ0) is 17.8. The van der Waals surface area contributed by atoms with Crippen LogP contribution in [0.1, 0.15) is 10.6 Å². The summed E-state index contributed by atoms with van der Waals surface area (Å²) in [4.78, 5) is 12.5. The molecular weight excluding hydrogens is 346 g/mol. The first kappa shape index (κ1) is 16.4. The van der Waals surface area contributed by atoms with Crippen molar-refractivity contribution in [2.45, 2.75) is 13.0 Å². The number of benzene rings is 2. The molecule has 4 aromatic rings. The van der Waals surface area contributed by atoms with Crippen molar-refractivity contribution in [1.82, 2.24) is 20.0 Å². The standard InChI is InChI=1S/C19H17N5OS/c25-18-16-9-5-4-8-15(16)12-21-24(18)13-17-22-23-19(26-17)20-11-10-14-6-2-1-3-7-14/h1-9,12H,10-11,13H2,(H,20,23). The Morgan fingerprint density at radius 1 is 1.00 bits per heavy atom. The summed E-state index contributed by atoms with van der Waals surface area (Å²) in [6.07, 6.45) is 2.62. The van der Waals surface area contributed by atoms with Gasteiger partial charge in [-0.05, 0) is 18.1 Å². The molecule has 4 rings (SSSR count). The molecule has 6 nitrogen and oxygen atoms in total. The van der Waals surface area contributed by atoms with E-state index in [2.05, 4.69) is 32.7 Å². The molecule has 1 N–H and O–H groups in total. The average Bonchev–Trinajstić information content (AvgIpc) is 3.12. The van der Waals surface area contributed by atoms with Crippen LogP contribution in [-0.2, 0) is 13.0 Å². The predicted molar refractivity (Wildman–Crippen MR) is 104 cm³/mol. The van der Waals surface area contributed by atoms with E-state index in [0.29, 0.717) is 11.9 Å². The van der Waals surface area contributed by atoms with Gasteiger partial charge in [0, 0.05) is 11.9 Å². The van der Waals surface area contributed by atoms with Crippen molar-refractivity contribution >= 4 is 27.2 Å². The second-order valence-electron chi connectivity index (χ2n) is 5.86. The van der Waals surface area contributed by atoms with Gasteiger partial charge >= 0.3 is 0 Å². The lowest BCUT2D eigenvalue weighted by Crippen LogP contribution is -2.23. The first-order chi connectivity index (χ1) is 12.8. The lowest BCUT2D eigenvalue weighted by molar-refractivity contribution is 0.640. The molecule has 0 aliphatic carbocycles. The molecule has 0 aliphatic heterocycles. The van der Waals surface area contributed by atoms with Gasteiger partial charge in [0.15, 0.2) is 0 Å². The van der Waals surface area contributed by atoms with Crippen LogP contribution in [0.4, 0.5) is 5.13 Å². The molecule has 0 amide bonds. The minimum absolute atomic E-state index is 0.114. The van der Waals surface area contributed by atoms with Gasteiger partial charge in [-0.2, -0.15) is 5.10 Å². The van der Waals surface area contributed by atoms with Crippen LogP contribution in [0.3, 0.4) is 0 Å². The van der Waals surface area contributed by atoms with Crippen LogP contribution in [0, 0.1) is 0 Å². The Balaban J connectivity index is 1.42. The molecule has 0 spiro atoms.